The van der Waals surface area contributed by atoms with Crippen LogP contribution in [-0.2, 0) is 29.1 Å². The number of halogens is 1. The van der Waals surface area contributed by atoms with Crippen LogP contribution in [-0.4, -0.2) is 12.5 Å². The number of nitrogens with two attached hydrogens (primary N) is 1. The van der Waals surface area contributed by atoms with E-state index in [1.54, 1.807) is 12.1 Å². The number of benzene rings is 2. The van der Waals surface area contributed by atoms with Gasteiger partial charge >= 0.3 is 0 Å². The van der Waals surface area contributed by atoms with E-state index in [0.717, 1.165) is 16.7 Å². The van der Waals surface area contributed by atoms with Crippen LogP contribution in [0.25, 0.3) is 0 Å². The van der Waals surface area contributed by atoms with Crippen molar-refractivity contribution in [2.24, 2.45) is 0 Å². The molecule has 0 saturated heterocycles. The first-order chi connectivity index (χ1) is 10.7. The fourth-order valence-electron chi connectivity index (χ4n) is 2.16. The summed E-state index contributed by atoms with van der Waals surface area (Å²) < 4.78 is 5.45. The van der Waals surface area contributed by atoms with Crippen LogP contribution in [0.5, 0.6) is 0 Å². The zero-order valence-corrected chi connectivity index (χ0v) is 14.1. The van der Waals surface area contributed by atoms with E-state index in [9.17, 15) is 4.79 Å². The Morgan fingerprint density at radius 1 is 1.09 bits per heavy atom. The van der Waals surface area contributed by atoms with Crippen LogP contribution >= 0.6 is 12.4 Å². The summed E-state index contributed by atoms with van der Waals surface area (Å²) in [4.78, 5) is 12.0. The van der Waals surface area contributed by atoms with Crippen molar-refractivity contribution in [3.05, 3.63) is 65.2 Å². The first kappa shape index (κ1) is 19.0. The Morgan fingerprint density at radius 3 is 2.39 bits per heavy atom. The summed E-state index contributed by atoms with van der Waals surface area (Å²) in [7, 11) is 0. The molecular formula is C18H23ClN2O2. The molecule has 0 saturated carbocycles. The van der Waals surface area contributed by atoms with Gasteiger partial charge in [-0.1, -0.05) is 36.4 Å². The molecule has 0 aromatic heterocycles. The van der Waals surface area contributed by atoms with E-state index in [1.165, 1.54) is 0 Å². The monoisotopic (exact) mass is 334 g/mol. The zero-order chi connectivity index (χ0) is 15.8. The average molecular weight is 335 g/mol. The number of amides is 1. The number of ether oxygens (including phenoxy) is 1. The van der Waals surface area contributed by atoms with Crippen molar-refractivity contribution in [2.45, 2.75) is 26.5 Å². The number of carbonyl (C=O) groups excluding carboxylic acids is 1. The summed E-state index contributed by atoms with van der Waals surface area (Å²) in [6.45, 7) is 3.73. The topological polar surface area (TPSA) is 64.3 Å². The number of nitrogen functional groups attached to an aromatic ring is 1. The standard InChI is InChI=1S/C18H22N2O2.ClH/c1-2-22-13-16-6-4-3-5-15(16)12-20-18(21)11-14-7-9-17(19)10-8-14;/h3-10H,2,11-13,19H2,1H3,(H,20,21);1H. The third kappa shape index (κ3) is 6.30. The van der Waals surface area contributed by atoms with E-state index in [4.69, 9.17) is 10.5 Å². The Balaban J connectivity index is 0.00000264. The number of hydrogen-bond donors (Lipinski definition) is 2. The van der Waals surface area contributed by atoms with Crippen molar-refractivity contribution in [2.75, 3.05) is 12.3 Å². The fraction of sp³-hybridized carbons (Fsp3) is 0.278. The molecule has 0 fully saturated rings. The lowest BCUT2D eigenvalue weighted by Crippen LogP contribution is -2.25. The number of rotatable bonds is 7. The lowest BCUT2D eigenvalue weighted by atomic mass is 10.1. The van der Waals surface area contributed by atoms with Crippen molar-refractivity contribution in [1.82, 2.24) is 5.32 Å². The predicted octanol–water partition coefficient (Wildman–Crippen LogP) is 3.09. The molecule has 0 heterocycles. The van der Waals surface area contributed by atoms with Crippen molar-refractivity contribution < 1.29 is 9.53 Å². The average Bonchev–Trinajstić information content (AvgIpc) is 2.54. The first-order valence-corrected chi connectivity index (χ1v) is 7.44. The van der Waals surface area contributed by atoms with Crippen LogP contribution in [0.4, 0.5) is 5.69 Å². The number of anilines is 1. The highest BCUT2D eigenvalue weighted by Crippen LogP contribution is 2.10. The minimum absolute atomic E-state index is 0. The third-order valence-corrected chi connectivity index (χ3v) is 3.40. The van der Waals surface area contributed by atoms with E-state index in [-0.39, 0.29) is 18.3 Å². The molecule has 0 aliphatic carbocycles. The van der Waals surface area contributed by atoms with Crippen LogP contribution in [0.3, 0.4) is 0 Å². The van der Waals surface area contributed by atoms with Crippen LogP contribution in [0.15, 0.2) is 48.5 Å². The Morgan fingerprint density at radius 2 is 1.74 bits per heavy atom. The molecule has 3 N–H and O–H groups in total. The molecule has 0 spiro atoms. The van der Waals surface area contributed by atoms with Crippen molar-refractivity contribution in [3.8, 4) is 0 Å². The van der Waals surface area contributed by atoms with E-state index in [0.29, 0.717) is 31.9 Å². The molecule has 5 heteroatoms. The third-order valence-electron chi connectivity index (χ3n) is 3.40. The van der Waals surface area contributed by atoms with Crippen molar-refractivity contribution in [1.29, 1.82) is 0 Å². The normalized spacial score (nSPS) is 9.96. The van der Waals surface area contributed by atoms with E-state index < -0.39 is 0 Å². The van der Waals surface area contributed by atoms with E-state index >= 15 is 0 Å². The second kappa shape index (κ2) is 9.87. The van der Waals surface area contributed by atoms with Crippen molar-refractivity contribution in [3.63, 3.8) is 0 Å². The lowest BCUT2D eigenvalue weighted by Gasteiger charge is -2.11. The predicted molar refractivity (Wildman–Crippen MR) is 95.4 cm³/mol. The van der Waals surface area contributed by atoms with Crippen LogP contribution in [0.1, 0.15) is 23.6 Å². The van der Waals surface area contributed by atoms with Crippen LogP contribution < -0.4 is 11.1 Å². The Labute approximate surface area is 143 Å². The second-order valence-corrected chi connectivity index (χ2v) is 5.10. The maximum atomic E-state index is 12.0. The first-order valence-electron chi connectivity index (χ1n) is 7.44. The number of nitrogens with one attached hydrogen (secondary N) is 1. The van der Waals surface area contributed by atoms with Gasteiger partial charge in [0.05, 0.1) is 13.0 Å². The largest absolute Gasteiger partial charge is 0.399 e. The number of carbonyl (C=O) groups is 1. The molecule has 124 valence electrons. The summed E-state index contributed by atoms with van der Waals surface area (Å²) in [6, 6.07) is 15.3. The molecule has 2 aromatic carbocycles. The summed E-state index contributed by atoms with van der Waals surface area (Å²) in [5.74, 6) is -0.00372. The van der Waals surface area contributed by atoms with Gasteiger partial charge in [0.15, 0.2) is 0 Å². The molecule has 0 unspecified atom stereocenters. The van der Waals surface area contributed by atoms with Gasteiger partial charge in [-0.15, -0.1) is 12.4 Å². The molecule has 4 nitrogen and oxygen atoms in total. The van der Waals surface area contributed by atoms with Gasteiger partial charge in [-0.05, 0) is 35.7 Å². The van der Waals surface area contributed by atoms with Gasteiger partial charge in [0.25, 0.3) is 0 Å². The zero-order valence-electron chi connectivity index (χ0n) is 13.2. The number of hydrogen-bond acceptors (Lipinski definition) is 3. The highest BCUT2D eigenvalue weighted by Gasteiger charge is 2.06. The van der Waals surface area contributed by atoms with Gasteiger partial charge in [-0.2, -0.15) is 0 Å². The van der Waals surface area contributed by atoms with E-state index in [2.05, 4.69) is 5.32 Å². The summed E-state index contributed by atoms with van der Waals surface area (Å²) in [5, 5.41) is 2.95. The van der Waals surface area contributed by atoms with Gasteiger partial charge in [-0.3, -0.25) is 4.79 Å². The molecule has 0 radical (unpaired) electrons. The maximum absolute atomic E-state index is 12.0. The highest BCUT2D eigenvalue weighted by atomic mass is 35.5. The van der Waals surface area contributed by atoms with Gasteiger partial charge in [0, 0.05) is 18.8 Å². The smallest absolute Gasteiger partial charge is 0.224 e. The molecule has 2 aromatic rings. The summed E-state index contributed by atoms with van der Waals surface area (Å²) in [5.41, 5.74) is 9.49. The van der Waals surface area contributed by atoms with E-state index in [1.807, 2.05) is 43.3 Å². The second-order valence-electron chi connectivity index (χ2n) is 5.10. The molecule has 0 aliphatic rings. The molecule has 1 amide bonds. The highest BCUT2D eigenvalue weighted by molar-refractivity contribution is 5.85. The summed E-state index contributed by atoms with van der Waals surface area (Å²) in [6.07, 6.45) is 0.355. The van der Waals surface area contributed by atoms with Crippen LogP contribution in [0, 0.1) is 0 Å². The SMILES string of the molecule is CCOCc1ccccc1CNC(=O)Cc1ccc(N)cc1.Cl. The Kier molecular flexibility index (Phi) is 8.16. The minimum Gasteiger partial charge on any atom is -0.399 e. The summed E-state index contributed by atoms with van der Waals surface area (Å²) >= 11 is 0. The lowest BCUT2D eigenvalue weighted by molar-refractivity contribution is -0.120. The molecule has 0 aliphatic heterocycles. The quantitative estimate of drug-likeness (QED) is 0.765. The molecule has 23 heavy (non-hydrogen) atoms. The minimum atomic E-state index is -0.00372. The van der Waals surface area contributed by atoms with Crippen LogP contribution in [0.2, 0.25) is 0 Å². The van der Waals surface area contributed by atoms with Gasteiger partial charge in [0.2, 0.25) is 5.91 Å². The fourth-order valence-corrected chi connectivity index (χ4v) is 2.16. The molecule has 0 bridgehead atoms. The Bertz CT molecular complexity index is 615. The van der Waals surface area contributed by atoms with Gasteiger partial charge < -0.3 is 15.8 Å². The van der Waals surface area contributed by atoms with Crippen molar-refractivity contribution >= 4 is 24.0 Å². The van der Waals surface area contributed by atoms with Gasteiger partial charge in [0.1, 0.15) is 0 Å². The van der Waals surface area contributed by atoms with Gasteiger partial charge in [-0.25, -0.2) is 0 Å². The molecular weight excluding hydrogens is 312 g/mol. The maximum Gasteiger partial charge on any atom is 0.224 e. The Hall–Kier alpha value is -2.04. The molecule has 0 atom stereocenters. The molecule has 2 rings (SSSR count).